The monoisotopic (exact) mass is 412 g/mol. The molecule has 4 aliphatic rings. The number of allylic oxidation sites excluding steroid dienone is 1. The smallest absolute Gasteiger partial charge is 0.429 e. The van der Waals surface area contributed by atoms with Crippen LogP contribution in [0, 0.1) is 0 Å². The van der Waals surface area contributed by atoms with Crippen molar-refractivity contribution in [3.8, 4) is 5.75 Å². The van der Waals surface area contributed by atoms with Gasteiger partial charge >= 0.3 is 12.2 Å². The van der Waals surface area contributed by atoms with Crippen LogP contribution in [-0.2, 0) is 9.47 Å². The maximum Gasteiger partial charge on any atom is 0.429 e. The minimum atomic E-state index is -0.523. The molecule has 4 atom stereocenters. The molecule has 0 spiro atoms. The number of carbonyl (C=O) groups excluding carboxylic acids is 2. The molecule has 2 aliphatic carbocycles. The number of rotatable bonds is 2. The predicted octanol–water partition coefficient (Wildman–Crippen LogP) is 4.39. The van der Waals surface area contributed by atoms with Gasteiger partial charge in [0, 0.05) is 5.56 Å². The Morgan fingerprint density at radius 3 is 2.27 bits per heavy atom. The second-order valence-corrected chi connectivity index (χ2v) is 8.24. The van der Waals surface area contributed by atoms with Crippen molar-refractivity contribution in [2.24, 2.45) is 0 Å². The zero-order chi connectivity index (χ0) is 20.8. The van der Waals surface area contributed by atoms with Crippen molar-refractivity contribution in [1.82, 2.24) is 10.0 Å². The molecule has 1 saturated heterocycles. The third-order valence-electron chi connectivity index (χ3n) is 6.72. The van der Waals surface area contributed by atoms with Crippen molar-refractivity contribution in [3.63, 3.8) is 0 Å². The largest absolute Gasteiger partial charge is 0.487 e. The molecule has 160 valence electrons. The molecular weight excluding hydrogens is 384 g/mol. The van der Waals surface area contributed by atoms with Crippen LogP contribution >= 0.6 is 0 Å². The van der Waals surface area contributed by atoms with Crippen LogP contribution in [0.3, 0.4) is 0 Å². The third-order valence-corrected chi connectivity index (χ3v) is 6.72. The molecule has 3 fully saturated rings. The van der Waals surface area contributed by atoms with Gasteiger partial charge in [0.05, 0.1) is 25.2 Å². The minimum Gasteiger partial charge on any atom is -0.487 e. The van der Waals surface area contributed by atoms with E-state index in [2.05, 4.69) is 6.07 Å². The molecule has 30 heavy (non-hydrogen) atoms. The Kier molecular flexibility index (Phi) is 4.83. The Balaban J connectivity index is 1.65. The van der Waals surface area contributed by atoms with Crippen LogP contribution in [0.15, 0.2) is 35.4 Å². The van der Waals surface area contributed by atoms with E-state index in [0.717, 1.165) is 37.0 Å². The molecule has 1 aromatic carbocycles. The molecule has 0 unspecified atom stereocenters. The quantitative estimate of drug-likeness (QED) is 0.674. The lowest BCUT2D eigenvalue weighted by atomic mass is 9.86. The van der Waals surface area contributed by atoms with Gasteiger partial charge < -0.3 is 14.2 Å². The van der Waals surface area contributed by atoms with Gasteiger partial charge in [-0.2, -0.15) is 0 Å². The summed E-state index contributed by atoms with van der Waals surface area (Å²) in [4.78, 5) is 26.1. The molecule has 2 aliphatic heterocycles. The first-order valence-corrected chi connectivity index (χ1v) is 11.1. The average Bonchev–Trinajstić information content (AvgIpc) is 3.40. The highest BCUT2D eigenvalue weighted by Crippen LogP contribution is 2.58. The Morgan fingerprint density at radius 1 is 0.967 bits per heavy atom. The summed E-state index contributed by atoms with van der Waals surface area (Å²) in [6.07, 6.45) is 4.29. The summed E-state index contributed by atoms with van der Waals surface area (Å²) in [5, 5.41) is 2.98. The summed E-state index contributed by atoms with van der Waals surface area (Å²) in [5.74, 6) is 0.829. The standard InChI is InChI=1S/C23H28N2O5/c1-3-28-22(26)24-19-17(14-10-6-5-7-11-14)20(25(24)23(27)29-4-2)21-18(19)15-12-8-9-13-16(15)30-21/h8-9,12-13,18-21H,3-7,10-11H2,1-2H3/t18-,19+,20-,21-/m0/s1. The van der Waals surface area contributed by atoms with Gasteiger partial charge in [0.25, 0.3) is 0 Å². The lowest BCUT2D eigenvalue weighted by molar-refractivity contribution is -0.0691. The highest BCUT2D eigenvalue weighted by atomic mass is 16.6. The number of carbonyl (C=O) groups is 2. The van der Waals surface area contributed by atoms with Crippen LogP contribution in [0.25, 0.3) is 0 Å². The minimum absolute atomic E-state index is 0.00860. The fourth-order valence-electron chi connectivity index (χ4n) is 5.71. The molecule has 7 nitrogen and oxygen atoms in total. The van der Waals surface area contributed by atoms with Crippen molar-refractivity contribution >= 4 is 12.2 Å². The number of hydrogen-bond donors (Lipinski definition) is 0. The molecule has 0 aromatic heterocycles. The fraction of sp³-hybridized carbons (Fsp3) is 0.565. The molecule has 2 amide bonds. The number of ether oxygens (including phenoxy) is 3. The predicted molar refractivity (Wildman–Crippen MR) is 109 cm³/mol. The van der Waals surface area contributed by atoms with Gasteiger partial charge in [-0.05, 0) is 51.2 Å². The first kappa shape index (κ1) is 19.3. The molecule has 5 rings (SSSR count). The normalized spacial score (nSPS) is 28.9. The van der Waals surface area contributed by atoms with Crippen molar-refractivity contribution < 1.29 is 23.8 Å². The zero-order valence-electron chi connectivity index (χ0n) is 17.5. The van der Waals surface area contributed by atoms with Gasteiger partial charge in [-0.1, -0.05) is 30.2 Å². The third kappa shape index (κ3) is 2.71. The summed E-state index contributed by atoms with van der Waals surface area (Å²) in [5.41, 5.74) is 3.63. The van der Waals surface area contributed by atoms with Crippen LogP contribution in [-0.4, -0.2) is 53.6 Å². The number of benzene rings is 1. The molecule has 0 N–H and O–H groups in total. The van der Waals surface area contributed by atoms with Gasteiger partial charge in [0.2, 0.25) is 0 Å². The lowest BCUT2D eigenvalue weighted by Gasteiger charge is -2.40. The number of nitrogens with zero attached hydrogens (tertiary/aromatic N) is 2. The lowest BCUT2D eigenvalue weighted by Crippen LogP contribution is -2.59. The van der Waals surface area contributed by atoms with E-state index in [1.54, 1.807) is 13.8 Å². The van der Waals surface area contributed by atoms with E-state index < -0.39 is 12.2 Å². The fourth-order valence-corrected chi connectivity index (χ4v) is 5.71. The Hall–Kier alpha value is -2.70. The Morgan fingerprint density at radius 2 is 1.60 bits per heavy atom. The van der Waals surface area contributed by atoms with Crippen molar-refractivity contribution in [3.05, 3.63) is 41.0 Å². The van der Waals surface area contributed by atoms with Gasteiger partial charge in [0.15, 0.2) is 0 Å². The second kappa shape index (κ2) is 7.52. The number of amides is 2. The summed E-state index contributed by atoms with van der Waals surface area (Å²) in [6, 6.07) is 7.37. The van der Waals surface area contributed by atoms with Crippen molar-refractivity contribution in [1.29, 1.82) is 0 Å². The maximum absolute atomic E-state index is 13.1. The van der Waals surface area contributed by atoms with E-state index in [1.165, 1.54) is 27.6 Å². The average molecular weight is 412 g/mol. The van der Waals surface area contributed by atoms with Crippen LogP contribution in [0.1, 0.15) is 57.4 Å². The molecule has 2 heterocycles. The first-order valence-electron chi connectivity index (χ1n) is 11.1. The molecule has 2 bridgehead atoms. The van der Waals surface area contributed by atoms with Crippen molar-refractivity contribution in [2.45, 2.75) is 70.1 Å². The molecular formula is C23H28N2O5. The van der Waals surface area contributed by atoms with E-state index in [0.29, 0.717) is 0 Å². The summed E-state index contributed by atoms with van der Waals surface area (Å²) < 4.78 is 17.1. The summed E-state index contributed by atoms with van der Waals surface area (Å²) >= 11 is 0. The first-order chi connectivity index (χ1) is 14.7. The maximum atomic E-state index is 13.1. The topological polar surface area (TPSA) is 68.3 Å². The van der Waals surface area contributed by atoms with Crippen LogP contribution < -0.4 is 4.74 Å². The van der Waals surface area contributed by atoms with Crippen molar-refractivity contribution in [2.75, 3.05) is 13.2 Å². The van der Waals surface area contributed by atoms with Crippen LogP contribution in [0.5, 0.6) is 5.75 Å². The van der Waals surface area contributed by atoms with Gasteiger partial charge in [0.1, 0.15) is 17.9 Å². The summed E-state index contributed by atoms with van der Waals surface area (Å²) in [7, 11) is 0. The molecule has 7 heteroatoms. The van der Waals surface area contributed by atoms with Crippen LogP contribution in [0.2, 0.25) is 0 Å². The van der Waals surface area contributed by atoms with Gasteiger partial charge in [-0.25, -0.2) is 19.6 Å². The molecule has 1 aromatic rings. The van der Waals surface area contributed by atoms with E-state index in [4.69, 9.17) is 14.2 Å². The van der Waals surface area contributed by atoms with Crippen LogP contribution in [0.4, 0.5) is 9.59 Å². The van der Waals surface area contributed by atoms with E-state index in [1.807, 2.05) is 18.2 Å². The van der Waals surface area contributed by atoms with Gasteiger partial charge in [-0.3, -0.25) is 0 Å². The Labute approximate surface area is 176 Å². The summed E-state index contributed by atoms with van der Waals surface area (Å²) in [6.45, 7) is 4.03. The zero-order valence-corrected chi connectivity index (χ0v) is 17.5. The molecule has 0 radical (unpaired) electrons. The number of hydrazine groups is 1. The number of para-hydroxylation sites is 1. The van der Waals surface area contributed by atoms with Gasteiger partial charge in [-0.15, -0.1) is 0 Å². The number of fused-ring (bicyclic) bond motifs is 7. The highest BCUT2D eigenvalue weighted by Gasteiger charge is 2.67. The molecule has 2 saturated carbocycles. The number of hydrogen-bond acceptors (Lipinski definition) is 5. The van der Waals surface area contributed by atoms with E-state index >= 15 is 0 Å². The van der Waals surface area contributed by atoms with E-state index in [9.17, 15) is 9.59 Å². The second-order valence-electron chi connectivity index (χ2n) is 8.24. The highest BCUT2D eigenvalue weighted by molar-refractivity contribution is 5.79. The Bertz CT molecular complexity index is 889. The SMILES string of the molecule is CCOC(=O)N1[C@@H]2C(=C3CCCCC3)[C@@H]([C@H]3Oc4ccccc4[C@H]32)N1C(=O)OCC. The van der Waals surface area contributed by atoms with E-state index in [-0.39, 0.29) is 37.3 Å².